The Balaban J connectivity index is 1.68. The molecule has 0 spiro atoms. The highest BCUT2D eigenvalue weighted by Gasteiger charge is 2.17. The number of hydrogen-bond donors (Lipinski definition) is 0. The normalized spacial score (nSPS) is 14.4. The van der Waals surface area contributed by atoms with E-state index in [2.05, 4.69) is 11.0 Å². The van der Waals surface area contributed by atoms with Crippen LogP contribution < -0.4 is 0 Å². The monoisotopic (exact) mass is 417 g/mol. The Kier molecular flexibility index (Phi) is 6.78. The third-order valence-electron chi connectivity index (χ3n) is 5.42. The molecule has 4 rings (SSSR count). The molecule has 1 aliphatic heterocycles. The molecule has 0 aliphatic carbocycles. The minimum Gasteiger partial charge on any atom is -0.303 e. The van der Waals surface area contributed by atoms with Crippen LogP contribution in [0, 0.1) is 17.1 Å². The number of piperidine rings is 1. The predicted molar refractivity (Wildman–Crippen MR) is 121 cm³/mol. The second kappa shape index (κ2) is 9.88. The molecule has 1 saturated heterocycles. The van der Waals surface area contributed by atoms with Crippen LogP contribution in [0.1, 0.15) is 24.8 Å². The van der Waals surface area contributed by atoms with E-state index in [4.69, 9.17) is 4.98 Å². The van der Waals surface area contributed by atoms with Gasteiger partial charge in [0.1, 0.15) is 16.9 Å². The van der Waals surface area contributed by atoms with Gasteiger partial charge in [0, 0.05) is 23.4 Å². The summed E-state index contributed by atoms with van der Waals surface area (Å²) in [4.78, 5) is 7.34. The number of likely N-dealkylation sites (tertiary alicyclic amines) is 1. The molecule has 1 aliphatic rings. The Bertz CT molecular complexity index is 1020. The highest BCUT2D eigenvalue weighted by molar-refractivity contribution is 7.99. The smallest absolute Gasteiger partial charge is 0.123 e. The van der Waals surface area contributed by atoms with Gasteiger partial charge in [-0.05, 0) is 49.7 Å². The molecule has 0 unspecified atom stereocenters. The topological polar surface area (TPSA) is 39.9 Å². The highest BCUT2D eigenvalue weighted by Crippen LogP contribution is 2.34. The van der Waals surface area contributed by atoms with Crippen LogP contribution in [0.2, 0.25) is 0 Å². The molecule has 2 heterocycles. The molecule has 0 saturated carbocycles. The first-order chi connectivity index (χ1) is 14.7. The van der Waals surface area contributed by atoms with Gasteiger partial charge in [-0.1, -0.05) is 48.9 Å². The fraction of sp³-hybridized carbons (Fsp3) is 0.280. The van der Waals surface area contributed by atoms with Crippen LogP contribution in [-0.2, 0) is 0 Å². The summed E-state index contributed by atoms with van der Waals surface area (Å²) < 4.78 is 13.5. The van der Waals surface area contributed by atoms with Crippen molar-refractivity contribution in [2.45, 2.75) is 24.3 Å². The van der Waals surface area contributed by atoms with Crippen LogP contribution in [-0.4, -0.2) is 35.3 Å². The first-order valence-electron chi connectivity index (χ1n) is 10.4. The second-order valence-electron chi connectivity index (χ2n) is 7.47. The second-order valence-corrected chi connectivity index (χ2v) is 8.55. The van der Waals surface area contributed by atoms with Gasteiger partial charge in [-0.15, -0.1) is 11.8 Å². The van der Waals surface area contributed by atoms with Crippen molar-refractivity contribution in [2.75, 3.05) is 25.4 Å². The Hall–Kier alpha value is -2.68. The molecular weight excluding hydrogens is 393 g/mol. The molecule has 5 heteroatoms. The molecule has 1 fully saturated rings. The van der Waals surface area contributed by atoms with Crippen molar-refractivity contribution in [3.63, 3.8) is 0 Å². The van der Waals surface area contributed by atoms with E-state index in [0.29, 0.717) is 5.56 Å². The summed E-state index contributed by atoms with van der Waals surface area (Å²) in [5.74, 6) is 0.605. The number of rotatable bonds is 6. The van der Waals surface area contributed by atoms with Crippen molar-refractivity contribution in [1.29, 1.82) is 5.26 Å². The van der Waals surface area contributed by atoms with Crippen LogP contribution in [0.25, 0.3) is 22.4 Å². The van der Waals surface area contributed by atoms with Gasteiger partial charge >= 0.3 is 0 Å². The lowest BCUT2D eigenvalue weighted by Crippen LogP contribution is -2.31. The van der Waals surface area contributed by atoms with E-state index in [1.807, 2.05) is 36.4 Å². The summed E-state index contributed by atoms with van der Waals surface area (Å²) in [5.41, 5.74) is 4.01. The maximum Gasteiger partial charge on any atom is 0.123 e. The van der Waals surface area contributed by atoms with Crippen LogP contribution in [0.5, 0.6) is 0 Å². The highest BCUT2D eigenvalue weighted by atomic mass is 32.2. The van der Waals surface area contributed by atoms with Crippen molar-refractivity contribution < 1.29 is 4.39 Å². The van der Waals surface area contributed by atoms with Gasteiger partial charge < -0.3 is 4.90 Å². The number of benzene rings is 2. The van der Waals surface area contributed by atoms with Gasteiger partial charge in [-0.25, -0.2) is 9.37 Å². The molecule has 30 heavy (non-hydrogen) atoms. The number of aromatic nitrogens is 1. The van der Waals surface area contributed by atoms with E-state index in [-0.39, 0.29) is 5.82 Å². The standard InChI is InChI=1S/C25H24FN3S/c26-21-11-9-19(10-12-21)22-17-24(20-7-3-1-4-8-20)28-25(23(22)18-27)30-16-15-29-13-5-2-6-14-29/h1,3-4,7-12,17H,2,5-6,13-16H2. The minimum absolute atomic E-state index is 0.286. The van der Waals surface area contributed by atoms with E-state index < -0.39 is 0 Å². The summed E-state index contributed by atoms with van der Waals surface area (Å²) in [7, 11) is 0. The SMILES string of the molecule is N#Cc1c(-c2ccc(F)cc2)cc(-c2ccccc2)nc1SCCN1CCCCC1. The molecule has 3 aromatic rings. The van der Waals surface area contributed by atoms with Gasteiger partial charge in [0.15, 0.2) is 0 Å². The van der Waals surface area contributed by atoms with Gasteiger partial charge in [0.2, 0.25) is 0 Å². The molecule has 152 valence electrons. The lowest BCUT2D eigenvalue weighted by molar-refractivity contribution is 0.242. The van der Waals surface area contributed by atoms with E-state index in [0.717, 1.165) is 52.8 Å². The van der Waals surface area contributed by atoms with Crippen molar-refractivity contribution >= 4 is 11.8 Å². The van der Waals surface area contributed by atoms with Crippen LogP contribution in [0.15, 0.2) is 65.7 Å². The Morgan fingerprint density at radius 2 is 1.70 bits per heavy atom. The van der Waals surface area contributed by atoms with Crippen LogP contribution in [0.3, 0.4) is 0 Å². The zero-order chi connectivity index (χ0) is 20.8. The summed E-state index contributed by atoms with van der Waals surface area (Å²) in [6.07, 6.45) is 3.86. The Morgan fingerprint density at radius 3 is 2.40 bits per heavy atom. The molecule has 1 aromatic heterocycles. The van der Waals surface area contributed by atoms with Crippen LogP contribution >= 0.6 is 11.8 Å². The molecule has 0 radical (unpaired) electrons. The van der Waals surface area contributed by atoms with Gasteiger partial charge in [0.25, 0.3) is 0 Å². The maximum absolute atomic E-state index is 13.5. The maximum atomic E-state index is 13.5. The number of hydrogen-bond acceptors (Lipinski definition) is 4. The van der Waals surface area contributed by atoms with Crippen molar-refractivity contribution in [3.8, 4) is 28.5 Å². The molecule has 0 amide bonds. The molecule has 3 nitrogen and oxygen atoms in total. The minimum atomic E-state index is -0.286. The van der Waals surface area contributed by atoms with Crippen molar-refractivity contribution in [2.24, 2.45) is 0 Å². The van der Waals surface area contributed by atoms with E-state index in [9.17, 15) is 9.65 Å². The van der Waals surface area contributed by atoms with Crippen LogP contribution in [0.4, 0.5) is 4.39 Å². The van der Waals surface area contributed by atoms with E-state index in [1.165, 1.54) is 31.4 Å². The summed E-state index contributed by atoms with van der Waals surface area (Å²) in [5, 5.41) is 10.7. The third-order valence-corrected chi connectivity index (χ3v) is 6.37. The van der Waals surface area contributed by atoms with Crippen molar-refractivity contribution in [1.82, 2.24) is 9.88 Å². The van der Waals surface area contributed by atoms with Gasteiger partial charge in [0.05, 0.1) is 11.3 Å². The Labute approximate surface area is 181 Å². The summed E-state index contributed by atoms with van der Waals surface area (Å²) >= 11 is 1.64. The lowest BCUT2D eigenvalue weighted by atomic mass is 9.99. The Morgan fingerprint density at radius 1 is 0.967 bits per heavy atom. The summed E-state index contributed by atoms with van der Waals surface area (Å²) in [6.45, 7) is 3.31. The zero-order valence-corrected chi connectivity index (χ0v) is 17.7. The fourth-order valence-electron chi connectivity index (χ4n) is 3.80. The molecule has 0 atom stereocenters. The number of nitriles is 1. The number of thioether (sulfide) groups is 1. The van der Waals surface area contributed by atoms with Gasteiger partial charge in [-0.2, -0.15) is 5.26 Å². The predicted octanol–water partition coefficient (Wildman–Crippen LogP) is 6.00. The molecule has 0 N–H and O–H groups in total. The van der Waals surface area contributed by atoms with Gasteiger partial charge in [-0.3, -0.25) is 0 Å². The molecular formula is C25H24FN3S. The number of nitrogens with zero attached hydrogens (tertiary/aromatic N) is 3. The van der Waals surface area contributed by atoms with E-state index in [1.54, 1.807) is 23.9 Å². The van der Waals surface area contributed by atoms with Crippen molar-refractivity contribution in [3.05, 3.63) is 72.0 Å². The third kappa shape index (κ3) is 4.89. The number of pyridine rings is 1. The average Bonchev–Trinajstić information content (AvgIpc) is 2.80. The first-order valence-corrected chi connectivity index (χ1v) is 11.3. The fourth-order valence-corrected chi connectivity index (χ4v) is 4.81. The molecule has 0 bridgehead atoms. The lowest BCUT2D eigenvalue weighted by Gasteiger charge is -2.26. The van der Waals surface area contributed by atoms with E-state index >= 15 is 0 Å². The quantitative estimate of drug-likeness (QED) is 0.461. The average molecular weight is 418 g/mol. The molecule has 2 aromatic carbocycles. The largest absolute Gasteiger partial charge is 0.303 e. The zero-order valence-electron chi connectivity index (χ0n) is 16.9. The summed E-state index contributed by atoms with van der Waals surface area (Å²) in [6, 6.07) is 20.6. The number of halogens is 1. The first kappa shape index (κ1) is 20.6.